The Labute approximate surface area is 395 Å². The highest BCUT2D eigenvalue weighted by molar-refractivity contribution is 6.10. The van der Waals surface area contributed by atoms with Crippen molar-refractivity contribution >= 4 is 66.7 Å². The minimum absolute atomic E-state index is 0.533. The van der Waals surface area contributed by atoms with Gasteiger partial charge in [-0.1, -0.05) is 170 Å². The van der Waals surface area contributed by atoms with Crippen LogP contribution in [0.1, 0.15) is 22.3 Å². The van der Waals surface area contributed by atoms with Crippen LogP contribution in [-0.2, 0) is 5.41 Å². The van der Waals surface area contributed by atoms with Crippen molar-refractivity contribution in [3.63, 3.8) is 0 Å². The van der Waals surface area contributed by atoms with E-state index in [0.29, 0.717) is 0 Å². The van der Waals surface area contributed by atoms with Crippen LogP contribution in [0.2, 0.25) is 0 Å². The maximum atomic E-state index is 2.47. The van der Waals surface area contributed by atoms with E-state index >= 15 is 0 Å². The molecule has 0 radical (unpaired) electrons. The minimum Gasteiger partial charge on any atom is -0.310 e. The normalized spacial score (nSPS) is 14.2. The number of fused-ring (bicyclic) bond motifs is 14. The fraction of sp³-hybridized carbons (Fsp3) is 0.0154. The lowest BCUT2D eigenvalue weighted by molar-refractivity contribution is 0.793. The van der Waals surface area contributed by atoms with Gasteiger partial charge in [0.2, 0.25) is 0 Å². The predicted molar refractivity (Wildman–Crippen MR) is 284 cm³/mol. The molecule has 68 heavy (non-hydrogen) atoms. The maximum absolute atomic E-state index is 2.47. The van der Waals surface area contributed by atoms with Gasteiger partial charge in [0, 0.05) is 50.6 Å². The van der Waals surface area contributed by atoms with Gasteiger partial charge >= 0.3 is 0 Å². The molecule has 1 aromatic heterocycles. The molecule has 0 saturated carbocycles. The van der Waals surface area contributed by atoms with Crippen LogP contribution in [0.3, 0.4) is 0 Å². The van der Waals surface area contributed by atoms with E-state index in [2.05, 4.69) is 275 Å². The molecule has 0 fully saturated rings. The first-order valence-electron chi connectivity index (χ1n) is 23.5. The molecule has 0 N–H and O–H groups in total. The molecule has 0 saturated heterocycles. The summed E-state index contributed by atoms with van der Waals surface area (Å²) in [5, 5.41) is 4.89. The minimum atomic E-state index is -0.533. The Morgan fingerprint density at radius 2 is 0.750 bits per heavy atom. The zero-order valence-corrected chi connectivity index (χ0v) is 37.2. The van der Waals surface area contributed by atoms with Crippen LogP contribution in [0.15, 0.2) is 261 Å². The summed E-state index contributed by atoms with van der Waals surface area (Å²) in [5.74, 6) is 0. The average Bonchev–Trinajstić information content (AvgIpc) is 4.01. The van der Waals surface area contributed by atoms with Crippen LogP contribution >= 0.6 is 0 Å². The van der Waals surface area contributed by atoms with E-state index in [1.165, 1.54) is 77.1 Å². The van der Waals surface area contributed by atoms with Crippen molar-refractivity contribution in [3.05, 3.63) is 283 Å². The summed E-state index contributed by atoms with van der Waals surface area (Å²) in [7, 11) is 0. The van der Waals surface area contributed by atoms with E-state index in [0.717, 1.165) is 39.8 Å². The van der Waals surface area contributed by atoms with Gasteiger partial charge in [0.1, 0.15) is 0 Å². The molecule has 0 aliphatic heterocycles. The van der Waals surface area contributed by atoms with Gasteiger partial charge in [-0.2, -0.15) is 0 Å². The lowest BCUT2D eigenvalue weighted by Crippen LogP contribution is -2.26. The third-order valence-corrected chi connectivity index (χ3v) is 14.5. The highest BCUT2D eigenvalue weighted by Gasteiger charge is 2.52. The molecule has 11 aromatic carbocycles. The van der Waals surface area contributed by atoms with Crippen molar-refractivity contribution in [2.24, 2.45) is 0 Å². The van der Waals surface area contributed by atoms with Crippen molar-refractivity contribution in [3.8, 4) is 27.9 Å². The molecule has 318 valence electrons. The second kappa shape index (κ2) is 15.1. The van der Waals surface area contributed by atoms with Gasteiger partial charge in [-0.3, -0.25) is 0 Å². The van der Waals surface area contributed by atoms with E-state index in [9.17, 15) is 0 Å². The zero-order valence-electron chi connectivity index (χ0n) is 37.2. The van der Waals surface area contributed by atoms with Crippen LogP contribution in [0.5, 0.6) is 0 Å². The van der Waals surface area contributed by atoms with E-state index in [-0.39, 0.29) is 0 Å². The molecule has 1 heterocycles. The Bertz CT molecular complexity index is 3890. The lowest BCUT2D eigenvalue weighted by Gasteiger charge is -2.32. The summed E-state index contributed by atoms with van der Waals surface area (Å²) in [6.07, 6.45) is 0. The summed E-state index contributed by atoms with van der Waals surface area (Å²) in [6.45, 7) is 0. The Balaban J connectivity index is 1.00. The van der Waals surface area contributed by atoms with Crippen molar-refractivity contribution < 1.29 is 0 Å². The van der Waals surface area contributed by atoms with Crippen molar-refractivity contribution in [2.45, 2.75) is 5.41 Å². The van der Waals surface area contributed by atoms with Crippen molar-refractivity contribution in [1.82, 2.24) is 4.57 Å². The van der Waals surface area contributed by atoms with Gasteiger partial charge in [0.25, 0.3) is 0 Å². The summed E-state index contributed by atoms with van der Waals surface area (Å²) in [6, 6.07) is 96.1. The molecule has 0 amide bonds. The van der Waals surface area contributed by atoms with Gasteiger partial charge in [0.15, 0.2) is 0 Å². The molecule has 1 spiro atoms. The fourth-order valence-electron chi connectivity index (χ4n) is 11.7. The molecule has 2 aliphatic carbocycles. The topological polar surface area (TPSA) is 11.4 Å². The highest BCUT2D eigenvalue weighted by Crippen LogP contribution is 2.64. The number of para-hydroxylation sites is 4. The third kappa shape index (κ3) is 5.60. The van der Waals surface area contributed by atoms with Crippen LogP contribution in [-0.4, -0.2) is 4.57 Å². The molecule has 14 rings (SSSR count). The molecule has 3 heteroatoms. The van der Waals surface area contributed by atoms with Crippen LogP contribution in [0.25, 0.3) is 60.5 Å². The average molecular weight is 866 g/mol. The number of hydrogen-bond acceptors (Lipinski definition) is 2. The molecule has 1 atom stereocenters. The first kappa shape index (κ1) is 38.4. The number of nitrogens with zero attached hydrogens (tertiary/aromatic N) is 3. The number of rotatable bonds is 7. The Morgan fingerprint density at radius 1 is 0.265 bits per heavy atom. The molecule has 2 aliphatic rings. The summed E-state index contributed by atoms with van der Waals surface area (Å²) in [4.78, 5) is 4.84. The first-order valence-corrected chi connectivity index (χ1v) is 23.5. The second-order valence-electron chi connectivity index (χ2n) is 18.1. The lowest BCUT2D eigenvalue weighted by atomic mass is 9.70. The Kier molecular flexibility index (Phi) is 8.50. The summed E-state index contributed by atoms with van der Waals surface area (Å²) < 4.78 is 2.41. The number of anilines is 6. The molecule has 1 unspecified atom stereocenters. The van der Waals surface area contributed by atoms with E-state index < -0.39 is 5.41 Å². The maximum Gasteiger partial charge on any atom is 0.0726 e. The predicted octanol–water partition coefficient (Wildman–Crippen LogP) is 17.2. The number of hydrogen-bond donors (Lipinski definition) is 0. The Morgan fingerprint density at radius 3 is 1.50 bits per heavy atom. The molecule has 3 nitrogen and oxygen atoms in total. The largest absolute Gasteiger partial charge is 0.310 e. The molecule has 0 bridgehead atoms. The van der Waals surface area contributed by atoms with Crippen molar-refractivity contribution in [2.75, 3.05) is 9.80 Å². The zero-order chi connectivity index (χ0) is 44.8. The summed E-state index contributed by atoms with van der Waals surface area (Å²) in [5.41, 5.74) is 20.0. The van der Waals surface area contributed by atoms with E-state index in [1.807, 2.05) is 0 Å². The second-order valence-corrected chi connectivity index (χ2v) is 18.1. The first-order chi connectivity index (χ1) is 33.7. The number of benzene rings is 11. The van der Waals surface area contributed by atoms with Gasteiger partial charge < -0.3 is 14.4 Å². The number of aromatic nitrogens is 1. The quantitative estimate of drug-likeness (QED) is 0.158. The monoisotopic (exact) mass is 865 g/mol. The summed E-state index contributed by atoms with van der Waals surface area (Å²) >= 11 is 0. The Hall–Kier alpha value is -8.92. The highest BCUT2D eigenvalue weighted by atomic mass is 15.1. The van der Waals surface area contributed by atoms with Crippen LogP contribution in [0.4, 0.5) is 34.1 Å². The fourth-order valence-corrected chi connectivity index (χ4v) is 11.7. The molecule has 12 aromatic rings. The molecular weight excluding hydrogens is 823 g/mol. The van der Waals surface area contributed by atoms with E-state index in [4.69, 9.17) is 0 Å². The van der Waals surface area contributed by atoms with Gasteiger partial charge in [-0.05, 0) is 146 Å². The van der Waals surface area contributed by atoms with Crippen LogP contribution in [0, 0.1) is 0 Å². The van der Waals surface area contributed by atoms with Gasteiger partial charge in [-0.25, -0.2) is 0 Å². The van der Waals surface area contributed by atoms with Crippen molar-refractivity contribution in [1.29, 1.82) is 0 Å². The molecular formula is C65H43N3. The third-order valence-electron chi connectivity index (χ3n) is 14.5. The van der Waals surface area contributed by atoms with Gasteiger partial charge in [-0.15, -0.1) is 0 Å². The smallest absolute Gasteiger partial charge is 0.0726 e. The SMILES string of the molecule is c1ccc(N(c2ccccc2)c2ccc3c(c2)C2(c4ccccc4-c4cc(N(c5ccc6ccccc6c5)c5ccc6c7ccccc7n(-c7ccccc7)c6c5)ccc42)c2ccccc2-3)cc1. The van der Waals surface area contributed by atoms with Gasteiger partial charge in [0.05, 0.1) is 16.4 Å². The van der Waals surface area contributed by atoms with Crippen LogP contribution < -0.4 is 9.80 Å². The van der Waals surface area contributed by atoms with E-state index in [1.54, 1.807) is 0 Å². The standard InChI is InChI=1S/C65H43N3/c1-4-20-46(21-5-1)66(47-22-6-2-7-23-47)51-34-37-55-53-26-12-15-29-59(53)65(62(55)42-51)60-30-16-13-27-54(60)58-41-50(36-39-61(58)65)67(49-33-32-44-18-10-11-19-45(44)40-49)52-35-38-57-56-28-14-17-31-63(56)68(64(57)43-52)48-24-8-3-9-25-48/h1-43H.